The summed E-state index contributed by atoms with van der Waals surface area (Å²) in [4.78, 5) is 14.4. The van der Waals surface area contributed by atoms with Gasteiger partial charge in [-0.25, -0.2) is 4.79 Å². The molecule has 28 heavy (non-hydrogen) atoms. The predicted octanol–water partition coefficient (Wildman–Crippen LogP) is 3.87. The van der Waals surface area contributed by atoms with Crippen LogP contribution in [-0.2, 0) is 29.2 Å². The number of carbonyl (C=O) groups excluding carboxylic acids is 1. The smallest absolute Gasteiger partial charge is 0.317 e. The van der Waals surface area contributed by atoms with Crippen LogP contribution in [0.25, 0.3) is 0 Å². The average Bonchev–Trinajstić information content (AvgIpc) is 2.72. The summed E-state index contributed by atoms with van der Waals surface area (Å²) in [5.41, 5.74) is 3.44. The van der Waals surface area contributed by atoms with Crippen LogP contribution in [-0.4, -0.2) is 36.2 Å². The van der Waals surface area contributed by atoms with Gasteiger partial charge in [-0.2, -0.15) is 0 Å². The number of benzene rings is 2. The zero-order chi connectivity index (χ0) is 19.2. The van der Waals surface area contributed by atoms with E-state index in [4.69, 9.17) is 9.47 Å². The first kappa shape index (κ1) is 19.0. The summed E-state index contributed by atoms with van der Waals surface area (Å²) in [6, 6.07) is 18.3. The molecule has 0 radical (unpaired) electrons. The molecular weight excluding hydrogens is 352 g/mol. The molecule has 2 amide bonds. The Bertz CT molecular complexity index is 779. The number of piperidine rings is 1. The second-order valence-electron chi connectivity index (χ2n) is 7.67. The van der Waals surface area contributed by atoms with Crippen molar-refractivity contribution in [3.8, 4) is 0 Å². The Hall–Kier alpha value is -2.37. The van der Waals surface area contributed by atoms with Crippen LogP contribution in [0, 0.1) is 0 Å². The van der Waals surface area contributed by atoms with Gasteiger partial charge in [0.2, 0.25) is 0 Å². The number of carbonyl (C=O) groups is 1. The van der Waals surface area contributed by atoms with Crippen LogP contribution in [0.15, 0.2) is 54.6 Å². The van der Waals surface area contributed by atoms with Crippen molar-refractivity contribution in [3.63, 3.8) is 0 Å². The standard InChI is InChI=1S/C23H28N2O3/c26-22(25-13-10-23(11-14-25)12-15-28-23)24-16-20-8-4-5-9-21(20)18-27-17-19-6-2-1-3-7-19/h1-9H,10-18H2,(H,24,26). The summed E-state index contributed by atoms with van der Waals surface area (Å²) >= 11 is 0. The molecule has 0 atom stereocenters. The van der Waals surface area contributed by atoms with E-state index >= 15 is 0 Å². The van der Waals surface area contributed by atoms with Gasteiger partial charge in [0.1, 0.15) is 0 Å². The molecule has 5 heteroatoms. The largest absolute Gasteiger partial charge is 0.375 e. The monoisotopic (exact) mass is 380 g/mol. The van der Waals surface area contributed by atoms with Gasteiger partial charge in [-0.05, 0) is 36.0 Å². The van der Waals surface area contributed by atoms with E-state index in [1.54, 1.807) is 0 Å². The van der Waals surface area contributed by atoms with Crippen LogP contribution >= 0.6 is 0 Å². The first-order chi connectivity index (χ1) is 13.7. The van der Waals surface area contributed by atoms with Gasteiger partial charge in [0.05, 0.1) is 25.4 Å². The highest BCUT2D eigenvalue weighted by Crippen LogP contribution is 2.36. The van der Waals surface area contributed by atoms with Gasteiger partial charge in [0.25, 0.3) is 0 Å². The van der Waals surface area contributed by atoms with Crippen molar-refractivity contribution >= 4 is 6.03 Å². The van der Waals surface area contributed by atoms with E-state index in [1.165, 1.54) is 0 Å². The third-order valence-electron chi connectivity index (χ3n) is 5.85. The molecule has 2 heterocycles. The van der Waals surface area contributed by atoms with E-state index in [0.29, 0.717) is 19.8 Å². The molecule has 4 rings (SSSR count). The van der Waals surface area contributed by atoms with E-state index in [2.05, 4.69) is 29.6 Å². The maximum Gasteiger partial charge on any atom is 0.317 e. The number of nitrogens with zero attached hydrogens (tertiary/aromatic N) is 1. The summed E-state index contributed by atoms with van der Waals surface area (Å²) in [6.07, 6.45) is 3.04. The van der Waals surface area contributed by atoms with E-state index in [0.717, 1.165) is 55.6 Å². The zero-order valence-electron chi connectivity index (χ0n) is 16.2. The van der Waals surface area contributed by atoms with Crippen molar-refractivity contribution < 1.29 is 14.3 Å². The van der Waals surface area contributed by atoms with Gasteiger partial charge in [0, 0.05) is 19.6 Å². The fraction of sp³-hybridized carbons (Fsp3) is 0.435. The lowest BCUT2D eigenvalue weighted by atomic mass is 9.84. The van der Waals surface area contributed by atoms with E-state index in [9.17, 15) is 4.79 Å². The molecule has 2 aromatic carbocycles. The molecule has 5 nitrogen and oxygen atoms in total. The maximum atomic E-state index is 12.5. The fourth-order valence-corrected chi connectivity index (χ4v) is 3.91. The average molecular weight is 380 g/mol. The lowest BCUT2D eigenvalue weighted by molar-refractivity contribution is -0.169. The number of hydrogen-bond acceptors (Lipinski definition) is 3. The second-order valence-corrected chi connectivity index (χ2v) is 7.67. The van der Waals surface area contributed by atoms with E-state index in [-0.39, 0.29) is 11.6 Å². The minimum Gasteiger partial charge on any atom is -0.375 e. The number of ether oxygens (including phenoxy) is 2. The third-order valence-corrected chi connectivity index (χ3v) is 5.85. The Balaban J connectivity index is 1.26. The van der Waals surface area contributed by atoms with E-state index in [1.807, 2.05) is 35.2 Å². The lowest BCUT2D eigenvalue weighted by Gasteiger charge is -2.47. The van der Waals surface area contributed by atoms with Crippen molar-refractivity contribution in [2.75, 3.05) is 19.7 Å². The first-order valence-corrected chi connectivity index (χ1v) is 10.1. The minimum absolute atomic E-state index is 0.00850. The zero-order valence-corrected chi connectivity index (χ0v) is 16.2. The van der Waals surface area contributed by atoms with E-state index < -0.39 is 0 Å². The number of nitrogens with one attached hydrogen (secondary N) is 1. The Morgan fingerprint density at radius 3 is 2.32 bits per heavy atom. The molecule has 0 aromatic heterocycles. The highest BCUT2D eigenvalue weighted by Gasteiger charge is 2.41. The number of likely N-dealkylation sites (tertiary alicyclic amines) is 1. The van der Waals surface area contributed by atoms with Crippen molar-refractivity contribution in [2.24, 2.45) is 0 Å². The fourth-order valence-electron chi connectivity index (χ4n) is 3.91. The van der Waals surface area contributed by atoms with Crippen LogP contribution in [0.2, 0.25) is 0 Å². The summed E-state index contributed by atoms with van der Waals surface area (Å²) in [5, 5.41) is 3.07. The summed E-state index contributed by atoms with van der Waals surface area (Å²) < 4.78 is 11.6. The normalized spacial score (nSPS) is 17.9. The number of rotatable bonds is 6. The Morgan fingerprint density at radius 2 is 1.64 bits per heavy atom. The summed E-state index contributed by atoms with van der Waals surface area (Å²) in [6.45, 7) is 4.04. The minimum atomic E-state index is 0.00850. The number of hydrogen-bond donors (Lipinski definition) is 1. The Labute approximate surface area is 166 Å². The SMILES string of the molecule is O=C(NCc1ccccc1COCc1ccccc1)N1CCC2(CCO2)CC1. The molecule has 2 aliphatic heterocycles. The summed E-state index contributed by atoms with van der Waals surface area (Å²) in [5.74, 6) is 0. The van der Waals surface area contributed by atoms with Crippen LogP contribution in [0.5, 0.6) is 0 Å². The molecule has 0 unspecified atom stereocenters. The number of urea groups is 1. The highest BCUT2D eigenvalue weighted by atomic mass is 16.5. The summed E-state index contributed by atoms with van der Waals surface area (Å²) in [7, 11) is 0. The molecule has 1 spiro atoms. The van der Waals surface area contributed by atoms with Crippen molar-refractivity contribution in [2.45, 2.75) is 44.6 Å². The van der Waals surface area contributed by atoms with Gasteiger partial charge in [-0.3, -0.25) is 0 Å². The topological polar surface area (TPSA) is 50.8 Å². The third kappa shape index (κ3) is 4.54. The van der Waals surface area contributed by atoms with Gasteiger partial charge in [0.15, 0.2) is 0 Å². The molecule has 0 aliphatic carbocycles. The van der Waals surface area contributed by atoms with Gasteiger partial charge in [-0.1, -0.05) is 54.6 Å². The number of amides is 2. The van der Waals surface area contributed by atoms with Crippen LogP contribution < -0.4 is 5.32 Å². The predicted molar refractivity (Wildman–Crippen MR) is 108 cm³/mol. The molecule has 148 valence electrons. The first-order valence-electron chi connectivity index (χ1n) is 10.1. The molecule has 2 aromatic rings. The molecule has 2 aliphatic rings. The Kier molecular flexibility index (Phi) is 5.93. The molecule has 0 bridgehead atoms. The van der Waals surface area contributed by atoms with Crippen molar-refractivity contribution in [1.29, 1.82) is 0 Å². The lowest BCUT2D eigenvalue weighted by Crippen LogP contribution is -2.54. The van der Waals surface area contributed by atoms with Crippen LogP contribution in [0.3, 0.4) is 0 Å². The molecule has 1 N–H and O–H groups in total. The second kappa shape index (κ2) is 8.76. The maximum absolute atomic E-state index is 12.5. The van der Waals surface area contributed by atoms with Gasteiger partial charge in [-0.15, -0.1) is 0 Å². The van der Waals surface area contributed by atoms with Crippen LogP contribution in [0.4, 0.5) is 4.79 Å². The molecule has 2 saturated heterocycles. The van der Waals surface area contributed by atoms with Crippen LogP contribution in [0.1, 0.15) is 36.0 Å². The van der Waals surface area contributed by atoms with Gasteiger partial charge < -0.3 is 19.7 Å². The van der Waals surface area contributed by atoms with Gasteiger partial charge >= 0.3 is 6.03 Å². The molecular formula is C23H28N2O3. The quantitative estimate of drug-likeness (QED) is 0.828. The molecule has 0 saturated carbocycles. The Morgan fingerprint density at radius 1 is 0.964 bits per heavy atom. The highest BCUT2D eigenvalue weighted by molar-refractivity contribution is 5.74. The van der Waals surface area contributed by atoms with Crippen molar-refractivity contribution in [1.82, 2.24) is 10.2 Å². The molecule has 2 fully saturated rings. The van der Waals surface area contributed by atoms with Crippen molar-refractivity contribution in [3.05, 3.63) is 71.3 Å².